The van der Waals surface area contributed by atoms with Gasteiger partial charge in [-0.15, -0.1) is 0 Å². The summed E-state index contributed by atoms with van der Waals surface area (Å²) in [6, 6.07) is 5.88. The lowest BCUT2D eigenvalue weighted by Gasteiger charge is -2.11. The van der Waals surface area contributed by atoms with Gasteiger partial charge in [0.05, 0.1) is 17.7 Å². The molecule has 1 unspecified atom stereocenters. The van der Waals surface area contributed by atoms with Gasteiger partial charge in [-0.25, -0.2) is 14.4 Å². The largest absolute Gasteiger partial charge is 0.457 e. The molecular weight excluding hydrogens is 332 g/mol. The minimum atomic E-state index is -0.898. The van der Waals surface area contributed by atoms with Crippen LogP contribution in [0.15, 0.2) is 36.9 Å². The first-order valence-electron chi connectivity index (χ1n) is 7.59. The van der Waals surface area contributed by atoms with Crippen molar-refractivity contribution in [3.8, 4) is 0 Å². The Kier molecular flexibility index (Phi) is 8.91. The highest BCUT2D eigenvalue weighted by Crippen LogP contribution is 2.12. The molecule has 0 fully saturated rings. The Balaban J connectivity index is 2.59. The normalized spacial score (nSPS) is 11.3. The van der Waals surface area contributed by atoms with Crippen LogP contribution in [0.2, 0.25) is 0 Å². The third kappa shape index (κ3) is 7.15. The highest BCUT2D eigenvalue weighted by molar-refractivity contribution is 6.02. The molecule has 0 aliphatic rings. The van der Waals surface area contributed by atoms with E-state index < -0.39 is 24.0 Å². The molecule has 0 aliphatic carbocycles. The molecule has 0 saturated carbocycles. The first-order chi connectivity index (χ1) is 12.0. The molecule has 0 amide bonds. The fraction of sp³-hybridized carbons (Fsp3) is 0.353. The lowest BCUT2D eigenvalue weighted by molar-refractivity contribution is -0.254. The standard InChI is InChI=1S/C17H20O8/c1-4-10-21-24-16(19)13-8-6-7-9-14(13)17(20)25-22-11-12(3)23-15(18)5-2/h5-9,12H,2,4,10-11H2,1,3H3. The van der Waals surface area contributed by atoms with E-state index in [1.165, 1.54) is 12.1 Å². The van der Waals surface area contributed by atoms with Gasteiger partial charge in [0.1, 0.15) is 12.7 Å². The Hall–Kier alpha value is -2.71. The Morgan fingerprint density at radius 1 is 1.08 bits per heavy atom. The molecule has 0 heterocycles. The number of carbonyl (C=O) groups excluding carboxylic acids is 3. The van der Waals surface area contributed by atoms with Crippen molar-refractivity contribution >= 4 is 17.9 Å². The Labute approximate surface area is 145 Å². The Morgan fingerprint density at radius 2 is 1.64 bits per heavy atom. The van der Waals surface area contributed by atoms with Gasteiger partial charge in [0.15, 0.2) is 0 Å². The molecular formula is C17H20O8. The molecule has 0 aromatic heterocycles. The van der Waals surface area contributed by atoms with E-state index in [1.54, 1.807) is 19.1 Å². The Morgan fingerprint density at radius 3 is 2.16 bits per heavy atom. The van der Waals surface area contributed by atoms with Crippen molar-refractivity contribution in [1.29, 1.82) is 0 Å². The van der Waals surface area contributed by atoms with Crippen molar-refractivity contribution in [1.82, 2.24) is 0 Å². The van der Waals surface area contributed by atoms with Crippen LogP contribution in [0.25, 0.3) is 0 Å². The maximum atomic E-state index is 12.0. The minimum Gasteiger partial charge on any atom is -0.457 e. The van der Waals surface area contributed by atoms with Gasteiger partial charge in [0.25, 0.3) is 0 Å². The zero-order valence-electron chi connectivity index (χ0n) is 14.1. The highest BCUT2D eigenvalue weighted by Gasteiger charge is 2.21. The van der Waals surface area contributed by atoms with Crippen LogP contribution in [-0.4, -0.2) is 37.2 Å². The van der Waals surface area contributed by atoms with E-state index in [0.717, 1.165) is 6.08 Å². The van der Waals surface area contributed by atoms with Gasteiger partial charge >= 0.3 is 17.9 Å². The van der Waals surface area contributed by atoms with E-state index in [2.05, 4.69) is 16.4 Å². The van der Waals surface area contributed by atoms with E-state index >= 15 is 0 Å². The molecule has 25 heavy (non-hydrogen) atoms. The predicted molar refractivity (Wildman–Crippen MR) is 85.2 cm³/mol. The van der Waals surface area contributed by atoms with Crippen LogP contribution in [0.4, 0.5) is 0 Å². The van der Waals surface area contributed by atoms with Gasteiger partial charge in [0, 0.05) is 6.08 Å². The monoisotopic (exact) mass is 352 g/mol. The first-order valence-corrected chi connectivity index (χ1v) is 7.59. The number of esters is 1. The molecule has 0 N–H and O–H groups in total. The average Bonchev–Trinajstić information content (AvgIpc) is 2.61. The van der Waals surface area contributed by atoms with Crippen molar-refractivity contribution in [2.45, 2.75) is 26.4 Å². The average molecular weight is 352 g/mol. The lowest BCUT2D eigenvalue weighted by Crippen LogP contribution is -2.21. The summed E-state index contributed by atoms with van der Waals surface area (Å²) in [5, 5.41) is 0. The van der Waals surface area contributed by atoms with Crippen molar-refractivity contribution in [3.05, 3.63) is 48.0 Å². The van der Waals surface area contributed by atoms with Crippen LogP contribution in [0.5, 0.6) is 0 Å². The van der Waals surface area contributed by atoms with Crippen molar-refractivity contribution in [3.63, 3.8) is 0 Å². The SMILES string of the molecule is C=CC(=O)OC(C)COOC(=O)c1ccccc1C(=O)OOCCC. The zero-order chi connectivity index (χ0) is 18.7. The number of hydrogen-bond donors (Lipinski definition) is 0. The van der Waals surface area contributed by atoms with Gasteiger partial charge in [-0.3, -0.25) is 9.78 Å². The second-order valence-corrected chi connectivity index (χ2v) is 4.85. The molecule has 8 heteroatoms. The van der Waals surface area contributed by atoms with Crippen LogP contribution in [0.1, 0.15) is 41.0 Å². The molecule has 1 atom stereocenters. The molecule has 0 saturated heterocycles. The van der Waals surface area contributed by atoms with E-state index in [9.17, 15) is 14.4 Å². The molecule has 0 radical (unpaired) electrons. The van der Waals surface area contributed by atoms with Crippen LogP contribution in [-0.2, 0) is 29.1 Å². The maximum absolute atomic E-state index is 12.0. The van der Waals surface area contributed by atoms with Gasteiger partial charge < -0.3 is 4.74 Å². The molecule has 136 valence electrons. The summed E-state index contributed by atoms with van der Waals surface area (Å²) in [4.78, 5) is 53.6. The van der Waals surface area contributed by atoms with E-state index in [4.69, 9.17) is 14.5 Å². The molecule has 1 aromatic rings. The van der Waals surface area contributed by atoms with Gasteiger partial charge in [-0.1, -0.05) is 25.6 Å². The summed E-state index contributed by atoms with van der Waals surface area (Å²) < 4.78 is 4.84. The van der Waals surface area contributed by atoms with E-state index in [1.807, 2.05) is 6.92 Å². The lowest BCUT2D eigenvalue weighted by atomic mass is 10.1. The third-order valence-electron chi connectivity index (χ3n) is 2.71. The van der Waals surface area contributed by atoms with Crippen molar-refractivity contribution in [2.24, 2.45) is 0 Å². The molecule has 0 spiro atoms. The van der Waals surface area contributed by atoms with Crippen LogP contribution < -0.4 is 0 Å². The van der Waals surface area contributed by atoms with Crippen LogP contribution >= 0.6 is 0 Å². The maximum Gasteiger partial charge on any atom is 0.373 e. The van der Waals surface area contributed by atoms with Gasteiger partial charge in [-0.05, 0) is 25.5 Å². The number of rotatable bonds is 10. The summed E-state index contributed by atoms with van der Waals surface area (Å²) in [5.74, 6) is -2.35. The zero-order valence-corrected chi connectivity index (χ0v) is 14.1. The van der Waals surface area contributed by atoms with Gasteiger partial charge in [-0.2, -0.15) is 9.78 Å². The van der Waals surface area contributed by atoms with Crippen LogP contribution in [0, 0.1) is 0 Å². The summed E-state index contributed by atoms with van der Waals surface area (Å²) in [6.07, 6.45) is 1.02. The number of ether oxygens (including phenoxy) is 1. The number of benzene rings is 1. The van der Waals surface area contributed by atoms with E-state index in [0.29, 0.717) is 6.42 Å². The summed E-state index contributed by atoms with van der Waals surface area (Å²) in [5.41, 5.74) is -0.0818. The van der Waals surface area contributed by atoms with E-state index in [-0.39, 0.29) is 24.3 Å². The van der Waals surface area contributed by atoms with Gasteiger partial charge in [0.2, 0.25) is 0 Å². The molecule has 1 aromatic carbocycles. The quantitative estimate of drug-likeness (QED) is 0.208. The predicted octanol–water partition coefficient (Wildman–Crippen LogP) is 2.39. The first kappa shape index (κ1) is 20.3. The second-order valence-electron chi connectivity index (χ2n) is 4.85. The van der Waals surface area contributed by atoms with Crippen molar-refractivity contribution < 1.29 is 38.7 Å². The highest BCUT2D eigenvalue weighted by atomic mass is 17.2. The second kappa shape index (κ2) is 11.0. The summed E-state index contributed by atoms with van der Waals surface area (Å²) >= 11 is 0. The summed E-state index contributed by atoms with van der Waals surface area (Å²) in [6.45, 7) is 6.71. The third-order valence-corrected chi connectivity index (χ3v) is 2.71. The van der Waals surface area contributed by atoms with Crippen molar-refractivity contribution in [2.75, 3.05) is 13.2 Å². The number of hydrogen-bond acceptors (Lipinski definition) is 8. The number of carbonyl (C=O) groups is 3. The Bertz CT molecular complexity index is 610. The topological polar surface area (TPSA) is 97.4 Å². The minimum absolute atomic E-state index is 0.0293. The smallest absolute Gasteiger partial charge is 0.373 e. The molecule has 8 nitrogen and oxygen atoms in total. The van der Waals surface area contributed by atoms with Crippen LogP contribution in [0.3, 0.4) is 0 Å². The molecule has 1 rings (SSSR count). The summed E-state index contributed by atoms with van der Waals surface area (Å²) in [7, 11) is 0. The molecule has 0 bridgehead atoms. The fourth-order valence-electron chi connectivity index (χ4n) is 1.57. The fourth-order valence-corrected chi connectivity index (χ4v) is 1.57. The molecule has 0 aliphatic heterocycles.